The minimum absolute atomic E-state index is 0.724. The Hall–Kier alpha value is -0.993. The third-order valence-electron chi connectivity index (χ3n) is 2.95. The van der Waals surface area contributed by atoms with E-state index in [9.17, 15) is 0 Å². The molecule has 0 aliphatic heterocycles. The molecule has 0 amide bonds. The predicted octanol–water partition coefficient (Wildman–Crippen LogP) is 1.56. The maximum Gasteiger partial charge on any atom is 0.500 e. The molecule has 1 aromatic heterocycles. The second-order valence-electron chi connectivity index (χ2n) is 4.20. The summed E-state index contributed by atoms with van der Waals surface area (Å²) in [5.41, 5.74) is 0. The quantitative estimate of drug-likeness (QED) is 0.382. The number of aliphatic imine (C=N–C) groups is 1. The van der Waals surface area contributed by atoms with Crippen molar-refractivity contribution in [2.75, 3.05) is 41.0 Å². The van der Waals surface area contributed by atoms with Crippen LogP contribution in [-0.4, -0.2) is 56.0 Å². The molecule has 0 fully saturated rings. The number of nitrogens with one attached hydrogen (secondary N) is 1. The molecule has 0 saturated carbocycles. The van der Waals surface area contributed by atoms with Crippen LogP contribution in [0.4, 0.5) is 0 Å². The lowest BCUT2D eigenvalue weighted by Crippen LogP contribution is -2.43. The van der Waals surface area contributed by atoms with Gasteiger partial charge in [-0.1, -0.05) is 0 Å². The van der Waals surface area contributed by atoms with E-state index in [0.717, 1.165) is 37.9 Å². The minimum atomic E-state index is -2.41. The van der Waals surface area contributed by atoms with E-state index in [1.165, 1.54) is 0 Å². The zero-order chi connectivity index (χ0) is 14.7. The molecule has 7 heteroatoms. The zero-order valence-electron chi connectivity index (χ0n) is 12.4. The molecule has 0 bridgehead atoms. The summed E-state index contributed by atoms with van der Waals surface area (Å²) < 4.78 is 21.2. The lowest BCUT2D eigenvalue weighted by atomic mass is 10.4. The van der Waals surface area contributed by atoms with Crippen LogP contribution in [0.25, 0.3) is 0 Å². The smallest absolute Gasteiger partial charge is 0.463 e. The van der Waals surface area contributed by atoms with Gasteiger partial charge >= 0.3 is 8.80 Å². The summed E-state index contributed by atoms with van der Waals surface area (Å²) in [6.45, 7) is 2.45. The summed E-state index contributed by atoms with van der Waals surface area (Å²) in [4.78, 5) is 4.26. The van der Waals surface area contributed by atoms with Gasteiger partial charge in [-0.3, -0.25) is 4.99 Å². The van der Waals surface area contributed by atoms with Crippen molar-refractivity contribution >= 4 is 15.0 Å². The zero-order valence-corrected chi connectivity index (χ0v) is 13.4. The van der Waals surface area contributed by atoms with E-state index < -0.39 is 8.80 Å². The average Bonchev–Trinajstić information content (AvgIpc) is 3.00. The van der Waals surface area contributed by atoms with Crippen LogP contribution >= 0.6 is 0 Å². The highest BCUT2D eigenvalue weighted by Gasteiger charge is 2.36. The van der Waals surface area contributed by atoms with Crippen molar-refractivity contribution in [3.05, 3.63) is 24.2 Å². The maximum atomic E-state index is 5.36. The predicted molar refractivity (Wildman–Crippen MR) is 80.2 cm³/mol. The number of furan rings is 1. The molecule has 0 saturated heterocycles. The fraction of sp³-hybridized carbons (Fsp3) is 0.615. The summed E-state index contributed by atoms with van der Waals surface area (Å²) in [7, 11) is 2.49. The first-order chi connectivity index (χ1) is 9.76. The van der Waals surface area contributed by atoms with E-state index in [1.807, 2.05) is 12.1 Å². The van der Waals surface area contributed by atoms with Crippen molar-refractivity contribution in [2.45, 2.75) is 12.5 Å². The van der Waals surface area contributed by atoms with E-state index in [0.29, 0.717) is 0 Å². The van der Waals surface area contributed by atoms with Crippen LogP contribution < -0.4 is 5.32 Å². The van der Waals surface area contributed by atoms with E-state index in [4.69, 9.17) is 17.7 Å². The minimum Gasteiger partial charge on any atom is -0.463 e. The van der Waals surface area contributed by atoms with Crippen molar-refractivity contribution < 1.29 is 17.7 Å². The van der Waals surface area contributed by atoms with Gasteiger partial charge in [0.25, 0.3) is 0 Å². The fourth-order valence-corrected chi connectivity index (χ4v) is 3.50. The summed E-state index contributed by atoms with van der Waals surface area (Å²) in [5, 5.41) is 3.32. The topological polar surface area (TPSA) is 65.2 Å². The molecule has 0 aliphatic rings. The van der Waals surface area contributed by atoms with Crippen LogP contribution in [0, 0.1) is 0 Å². The van der Waals surface area contributed by atoms with E-state index in [2.05, 4.69) is 10.3 Å². The third-order valence-corrected chi connectivity index (χ3v) is 5.78. The monoisotopic (exact) mass is 300 g/mol. The van der Waals surface area contributed by atoms with Crippen LogP contribution in [0.5, 0.6) is 0 Å². The molecule has 0 unspecified atom stereocenters. The molecule has 6 nitrogen and oxygen atoms in total. The molecule has 0 radical (unpaired) electrons. The van der Waals surface area contributed by atoms with E-state index >= 15 is 0 Å². The molecule has 20 heavy (non-hydrogen) atoms. The number of hydrogen-bond acceptors (Lipinski definition) is 6. The third kappa shape index (κ3) is 5.97. The molecular formula is C13H24N2O4Si. The second kappa shape index (κ2) is 9.84. The van der Waals surface area contributed by atoms with E-state index in [-0.39, 0.29) is 0 Å². The Bertz CT molecular complexity index is 358. The summed E-state index contributed by atoms with van der Waals surface area (Å²) >= 11 is 0. The molecule has 0 atom stereocenters. The molecule has 0 aliphatic carbocycles. The summed E-state index contributed by atoms with van der Waals surface area (Å²) in [6, 6.07) is 4.53. The number of hydrogen-bond donors (Lipinski definition) is 1. The Morgan fingerprint density at radius 1 is 1.25 bits per heavy atom. The molecule has 1 aromatic rings. The second-order valence-corrected chi connectivity index (χ2v) is 7.29. The van der Waals surface area contributed by atoms with Gasteiger partial charge in [-0.2, -0.15) is 0 Å². The van der Waals surface area contributed by atoms with Crippen molar-refractivity contribution in [3.63, 3.8) is 0 Å². The van der Waals surface area contributed by atoms with Crippen molar-refractivity contribution in [1.82, 2.24) is 5.32 Å². The lowest BCUT2D eigenvalue weighted by Gasteiger charge is -2.24. The molecule has 1 heterocycles. The highest BCUT2D eigenvalue weighted by molar-refractivity contribution is 6.60. The van der Waals surface area contributed by atoms with Gasteiger partial charge in [-0.15, -0.1) is 0 Å². The largest absolute Gasteiger partial charge is 0.500 e. The van der Waals surface area contributed by atoms with Gasteiger partial charge in [0.2, 0.25) is 0 Å². The van der Waals surface area contributed by atoms with Gasteiger partial charge < -0.3 is 23.0 Å². The van der Waals surface area contributed by atoms with Gasteiger partial charge in [0, 0.05) is 33.9 Å². The first-order valence-corrected chi connectivity index (χ1v) is 8.59. The van der Waals surface area contributed by atoms with E-state index in [1.54, 1.807) is 33.8 Å². The van der Waals surface area contributed by atoms with Gasteiger partial charge in [0.15, 0.2) is 0 Å². The first-order valence-electron chi connectivity index (χ1n) is 6.66. The Morgan fingerprint density at radius 3 is 2.60 bits per heavy atom. The molecule has 1 rings (SSSR count). The fourth-order valence-electron chi connectivity index (χ4n) is 1.77. The first kappa shape index (κ1) is 17.1. The Labute approximate surface area is 121 Å². The molecule has 0 aromatic carbocycles. The van der Waals surface area contributed by atoms with Crippen molar-refractivity contribution in [2.24, 2.45) is 4.99 Å². The summed E-state index contributed by atoms with van der Waals surface area (Å²) in [6.07, 6.45) is 4.32. The number of nitrogens with zero attached hydrogens (tertiary/aromatic N) is 1. The van der Waals surface area contributed by atoms with Crippen LogP contribution in [-0.2, 0) is 13.3 Å². The normalized spacial score (nSPS) is 12.3. The number of rotatable bonds is 11. The standard InChI is InChI=1S/C13H24N2O4Si/c1-16-20(17-2,18-3)11-5-7-14-8-9-15-12-13-6-4-10-19-13/h4,6,10,12,14H,5,7-9,11H2,1-3H3. The average molecular weight is 300 g/mol. The van der Waals surface area contributed by atoms with Crippen molar-refractivity contribution in [1.29, 1.82) is 0 Å². The maximum absolute atomic E-state index is 5.36. The van der Waals surface area contributed by atoms with Crippen LogP contribution in [0.15, 0.2) is 27.8 Å². The summed E-state index contributed by atoms with van der Waals surface area (Å²) in [5.74, 6) is 0.779. The molecule has 1 N–H and O–H groups in total. The molecule has 0 spiro atoms. The lowest BCUT2D eigenvalue weighted by molar-refractivity contribution is 0.123. The van der Waals surface area contributed by atoms with Crippen LogP contribution in [0.3, 0.4) is 0 Å². The Morgan fingerprint density at radius 2 is 2.00 bits per heavy atom. The SMILES string of the molecule is CO[Si](CCCNCCN=Cc1ccco1)(OC)OC. The molecule has 114 valence electrons. The van der Waals surface area contributed by atoms with Crippen LogP contribution in [0.1, 0.15) is 12.2 Å². The Balaban J connectivity index is 2.04. The van der Waals surface area contributed by atoms with Gasteiger partial charge in [-0.05, 0) is 25.1 Å². The molecular weight excluding hydrogens is 276 g/mol. The highest BCUT2D eigenvalue weighted by atomic mass is 28.4. The van der Waals surface area contributed by atoms with Gasteiger partial charge in [0.05, 0.1) is 19.0 Å². The van der Waals surface area contributed by atoms with Crippen LogP contribution in [0.2, 0.25) is 6.04 Å². The van der Waals surface area contributed by atoms with Crippen molar-refractivity contribution in [3.8, 4) is 0 Å². The van der Waals surface area contributed by atoms with Gasteiger partial charge in [0.1, 0.15) is 5.76 Å². The van der Waals surface area contributed by atoms with Gasteiger partial charge in [-0.25, -0.2) is 0 Å². The Kier molecular flexibility index (Phi) is 8.39. The highest BCUT2D eigenvalue weighted by Crippen LogP contribution is 2.14.